The number of ether oxygens (including phenoxy) is 1. The standard InChI is InChI=1S/C27H26FN3O3/c1-3-34-24-12-13-25-20(15-24)14-21(26(32)30-25)17-31(16-19-6-4-18(2)5-7-19)27(33)29-23-10-8-22(28)9-11-23/h4-15H,3,16-17H2,1-2H3,(H,29,33)(H,30,32). The minimum atomic E-state index is -0.394. The fourth-order valence-electron chi connectivity index (χ4n) is 3.66. The summed E-state index contributed by atoms with van der Waals surface area (Å²) >= 11 is 0. The van der Waals surface area contributed by atoms with E-state index in [0.717, 1.165) is 16.5 Å². The number of nitrogens with one attached hydrogen (secondary N) is 2. The van der Waals surface area contributed by atoms with Crippen molar-refractivity contribution < 1.29 is 13.9 Å². The largest absolute Gasteiger partial charge is 0.494 e. The minimum absolute atomic E-state index is 0.0883. The molecule has 0 aliphatic heterocycles. The molecule has 2 N–H and O–H groups in total. The third-order valence-electron chi connectivity index (χ3n) is 5.44. The molecule has 34 heavy (non-hydrogen) atoms. The number of H-pyrrole nitrogens is 1. The number of amides is 2. The first-order chi connectivity index (χ1) is 16.4. The molecule has 0 fully saturated rings. The van der Waals surface area contributed by atoms with E-state index in [2.05, 4.69) is 10.3 Å². The van der Waals surface area contributed by atoms with Crippen LogP contribution in [0.15, 0.2) is 77.6 Å². The molecule has 0 spiro atoms. The molecular formula is C27H26FN3O3. The van der Waals surface area contributed by atoms with Gasteiger partial charge in [0.05, 0.1) is 13.2 Å². The fraction of sp³-hybridized carbons (Fsp3) is 0.185. The van der Waals surface area contributed by atoms with Gasteiger partial charge in [0.15, 0.2) is 0 Å². The zero-order valence-electron chi connectivity index (χ0n) is 19.1. The maximum absolute atomic E-state index is 13.3. The van der Waals surface area contributed by atoms with E-state index in [1.807, 2.05) is 44.2 Å². The zero-order chi connectivity index (χ0) is 24.1. The van der Waals surface area contributed by atoms with E-state index in [-0.39, 0.29) is 17.9 Å². The summed E-state index contributed by atoms with van der Waals surface area (Å²) in [6, 6.07) is 20.3. The molecule has 0 aliphatic rings. The van der Waals surface area contributed by atoms with Crippen LogP contribution in [0.3, 0.4) is 0 Å². The van der Waals surface area contributed by atoms with Gasteiger partial charge < -0.3 is 19.9 Å². The van der Waals surface area contributed by atoms with Crippen molar-refractivity contribution in [2.24, 2.45) is 0 Å². The molecule has 2 amide bonds. The van der Waals surface area contributed by atoms with Crippen molar-refractivity contribution in [1.29, 1.82) is 0 Å². The number of halogens is 1. The maximum atomic E-state index is 13.3. The van der Waals surface area contributed by atoms with Crippen LogP contribution in [0.5, 0.6) is 5.75 Å². The summed E-state index contributed by atoms with van der Waals surface area (Å²) in [5.74, 6) is 0.321. The molecule has 0 saturated heterocycles. The second-order valence-electron chi connectivity index (χ2n) is 8.08. The molecule has 174 valence electrons. The van der Waals surface area contributed by atoms with Gasteiger partial charge in [-0.05, 0) is 67.9 Å². The van der Waals surface area contributed by atoms with E-state index in [1.165, 1.54) is 24.3 Å². The van der Waals surface area contributed by atoms with E-state index in [1.54, 1.807) is 23.1 Å². The number of hydrogen-bond acceptors (Lipinski definition) is 3. The highest BCUT2D eigenvalue weighted by Crippen LogP contribution is 2.20. The quantitative estimate of drug-likeness (QED) is 0.377. The summed E-state index contributed by atoms with van der Waals surface area (Å²) in [5.41, 5.74) is 3.38. The van der Waals surface area contributed by atoms with Crippen molar-refractivity contribution in [3.8, 4) is 5.75 Å². The molecule has 4 aromatic rings. The summed E-state index contributed by atoms with van der Waals surface area (Å²) in [7, 11) is 0. The summed E-state index contributed by atoms with van der Waals surface area (Å²) in [6.07, 6.45) is 0. The second kappa shape index (κ2) is 10.2. The fourth-order valence-corrected chi connectivity index (χ4v) is 3.66. The molecule has 1 heterocycles. The Hall–Kier alpha value is -4.13. The Morgan fingerprint density at radius 3 is 2.44 bits per heavy atom. The summed E-state index contributed by atoms with van der Waals surface area (Å²) < 4.78 is 18.8. The van der Waals surface area contributed by atoms with Crippen LogP contribution in [0, 0.1) is 12.7 Å². The normalized spacial score (nSPS) is 10.8. The molecule has 3 aromatic carbocycles. The van der Waals surface area contributed by atoms with E-state index >= 15 is 0 Å². The number of carbonyl (C=O) groups is 1. The second-order valence-corrected chi connectivity index (χ2v) is 8.08. The van der Waals surface area contributed by atoms with Crippen molar-refractivity contribution >= 4 is 22.6 Å². The predicted molar refractivity (Wildman–Crippen MR) is 132 cm³/mol. The Morgan fingerprint density at radius 1 is 1.00 bits per heavy atom. The van der Waals surface area contributed by atoms with Crippen molar-refractivity contribution in [2.75, 3.05) is 11.9 Å². The molecule has 0 bridgehead atoms. The number of nitrogens with zero attached hydrogens (tertiary/aromatic N) is 1. The molecule has 1 aromatic heterocycles. The highest BCUT2D eigenvalue weighted by atomic mass is 19.1. The molecule has 4 rings (SSSR count). The maximum Gasteiger partial charge on any atom is 0.322 e. The lowest BCUT2D eigenvalue weighted by Gasteiger charge is -2.23. The average Bonchev–Trinajstić information content (AvgIpc) is 2.82. The van der Waals surface area contributed by atoms with Gasteiger partial charge in [0.2, 0.25) is 0 Å². The third kappa shape index (κ3) is 5.61. The first-order valence-electron chi connectivity index (χ1n) is 11.1. The van der Waals surface area contributed by atoms with Gasteiger partial charge in [0.1, 0.15) is 11.6 Å². The number of urea groups is 1. The highest BCUT2D eigenvalue weighted by Gasteiger charge is 2.17. The van der Waals surface area contributed by atoms with Crippen molar-refractivity contribution in [1.82, 2.24) is 9.88 Å². The van der Waals surface area contributed by atoms with Gasteiger partial charge in [0.25, 0.3) is 5.56 Å². The smallest absolute Gasteiger partial charge is 0.322 e. The van der Waals surface area contributed by atoms with Crippen LogP contribution in [0.1, 0.15) is 23.6 Å². The number of aromatic amines is 1. The third-order valence-corrected chi connectivity index (χ3v) is 5.44. The van der Waals surface area contributed by atoms with E-state index in [9.17, 15) is 14.0 Å². The van der Waals surface area contributed by atoms with E-state index in [0.29, 0.717) is 35.7 Å². The minimum Gasteiger partial charge on any atom is -0.494 e. The first kappa shape index (κ1) is 23.0. The van der Waals surface area contributed by atoms with Gasteiger partial charge in [-0.3, -0.25) is 4.79 Å². The molecule has 0 aliphatic carbocycles. The lowest BCUT2D eigenvalue weighted by Crippen LogP contribution is -2.35. The molecule has 0 atom stereocenters. The monoisotopic (exact) mass is 459 g/mol. The number of rotatable bonds is 7. The van der Waals surface area contributed by atoms with Gasteiger partial charge in [-0.1, -0.05) is 29.8 Å². The molecular weight excluding hydrogens is 433 g/mol. The predicted octanol–water partition coefficient (Wildman–Crippen LogP) is 5.61. The van der Waals surface area contributed by atoms with Gasteiger partial charge >= 0.3 is 6.03 Å². The van der Waals surface area contributed by atoms with Crippen LogP contribution in [-0.4, -0.2) is 22.5 Å². The van der Waals surface area contributed by atoms with Crippen LogP contribution in [0.4, 0.5) is 14.9 Å². The Labute approximate surface area is 197 Å². The SMILES string of the molecule is CCOc1ccc2[nH]c(=O)c(CN(Cc3ccc(C)cc3)C(=O)Nc3ccc(F)cc3)cc2c1. The van der Waals surface area contributed by atoms with Crippen LogP contribution in [0.25, 0.3) is 10.9 Å². The zero-order valence-corrected chi connectivity index (χ0v) is 19.1. The number of aryl methyl sites for hydroxylation is 1. The van der Waals surface area contributed by atoms with Crippen molar-refractivity contribution in [3.05, 3.63) is 106 Å². The first-order valence-corrected chi connectivity index (χ1v) is 11.1. The van der Waals surface area contributed by atoms with Gasteiger partial charge in [-0.15, -0.1) is 0 Å². The number of hydrogen-bond donors (Lipinski definition) is 2. The Balaban J connectivity index is 1.64. The molecule has 0 unspecified atom stereocenters. The molecule has 6 nitrogen and oxygen atoms in total. The van der Waals surface area contributed by atoms with Gasteiger partial charge in [-0.2, -0.15) is 0 Å². The lowest BCUT2D eigenvalue weighted by molar-refractivity contribution is 0.206. The number of benzene rings is 3. The molecule has 7 heteroatoms. The van der Waals surface area contributed by atoms with Crippen LogP contribution in [-0.2, 0) is 13.1 Å². The molecule has 0 saturated carbocycles. The van der Waals surface area contributed by atoms with Gasteiger partial charge in [0, 0.05) is 28.7 Å². The topological polar surface area (TPSA) is 74.4 Å². The van der Waals surface area contributed by atoms with E-state index in [4.69, 9.17) is 4.74 Å². The molecule has 0 radical (unpaired) electrons. The van der Waals surface area contributed by atoms with Crippen molar-refractivity contribution in [3.63, 3.8) is 0 Å². The Kier molecular flexibility index (Phi) is 6.92. The van der Waals surface area contributed by atoms with Crippen LogP contribution in [0.2, 0.25) is 0 Å². The summed E-state index contributed by atoms with van der Waals surface area (Å²) in [5, 5.41) is 3.61. The Bertz CT molecular complexity index is 1350. The average molecular weight is 460 g/mol. The number of fused-ring (bicyclic) bond motifs is 1. The number of anilines is 1. The summed E-state index contributed by atoms with van der Waals surface area (Å²) in [6.45, 7) is 4.82. The van der Waals surface area contributed by atoms with Crippen LogP contribution < -0.4 is 15.6 Å². The number of carbonyl (C=O) groups excluding carboxylic acids is 1. The highest BCUT2D eigenvalue weighted by molar-refractivity contribution is 5.89. The van der Waals surface area contributed by atoms with Gasteiger partial charge in [-0.25, -0.2) is 9.18 Å². The number of pyridine rings is 1. The van der Waals surface area contributed by atoms with Crippen molar-refractivity contribution in [2.45, 2.75) is 26.9 Å². The van der Waals surface area contributed by atoms with E-state index < -0.39 is 6.03 Å². The van der Waals surface area contributed by atoms with Crippen LogP contribution >= 0.6 is 0 Å². The number of aromatic nitrogens is 1. The lowest BCUT2D eigenvalue weighted by atomic mass is 10.1. The Morgan fingerprint density at radius 2 is 1.74 bits per heavy atom. The summed E-state index contributed by atoms with van der Waals surface area (Å²) in [4.78, 5) is 30.4.